The highest BCUT2D eigenvalue weighted by Gasteiger charge is 2.17. The van der Waals surface area contributed by atoms with Crippen molar-refractivity contribution in [2.45, 2.75) is 13.0 Å². The van der Waals surface area contributed by atoms with Gasteiger partial charge in [0.15, 0.2) is 0 Å². The van der Waals surface area contributed by atoms with Crippen LogP contribution >= 0.6 is 23.2 Å². The molecule has 0 spiro atoms. The Bertz CT molecular complexity index is 1010. The van der Waals surface area contributed by atoms with Crippen molar-refractivity contribution >= 4 is 45.9 Å². The third-order valence-electron chi connectivity index (χ3n) is 4.36. The van der Waals surface area contributed by atoms with Crippen molar-refractivity contribution in [3.8, 4) is 0 Å². The summed E-state index contributed by atoms with van der Waals surface area (Å²) in [6.45, 7) is 1.87. The Morgan fingerprint density at radius 1 is 1.08 bits per heavy atom. The predicted molar refractivity (Wildman–Crippen MR) is 104 cm³/mol. The molecule has 1 atom stereocenters. The first kappa shape index (κ1) is 18.3. The molecule has 3 rings (SSSR count). The van der Waals surface area contributed by atoms with Gasteiger partial charge < -0.3 is 15.6 Å². The molecule has 0 radical (unpaired) electrons. The van der Waals surface area contributed by atoms with Gasteiger partial charge in [-0.05, 0) is 42.8 Å². The van der Waals surface area contributed by atoms with Gasteiger partial charge >= 0.3 is 0 Å². The summed E-state index contributed by atoms with van der Waals surface area (Å²) >= 11 is 12.1. The minimum absolute atomic E-state index is 0.220. The van der Waals surface area contributed by atoms with E-state index in [9.17, 15) is 9.59 Å². The maximum atomic E-state index is 12.7. The molecule has 0 saturated carbocycles. The normalized spacial score (nSPS) is 12.2. The minimum Gasteiger partial charge on any atom is -0.366 e. The fraction of sp³-hybridized carbons (Fsp3) is 0.158. The van der Waals surface area contributed by atoms with Gasteiger partial charge in [-0.25, -0.2) is 0 Å². The quantitative estimate of drug-likeness (QED) is 0.705. The van der Waals surface area contributed by atoms with Gasteiger partial charge in [0, 0.05) is 23.5 Å². The van der Waals surface area contributed by atoms with Crippen molar-refractivity contribution in [2.24, 2.45) is 12.8 Å². The molecule has 7 heteroatoms. The zero-order valence-electron chi connectivity index (χ0n) is 14.2. The van der Waals surface area contributed by atoms with E-state index in [0.29, 0.717) is 21.3 Å². The zero-order chi connectivity index (χ0) is 19.0. The van der Waals surface area contributed by atoms with Crippen molar-refractivity contribution in [2.75, 3.05) is 0 Å². The van der Waals surface area contributed by atoms with Crippen LogP contribution in [-0.4, -0.2) is 16.4 Å². The molecule has 134 valence electrons. The van der Waals surface area contributed by atoms with Crippen LogP contribution in [0.15, 0.2) is 42.5 Å². The van der Waals surface area contributed by atoms with E-state index in [2.05, 4.69) is 5.32 Å². The number of nitrogens with two attached hydrogens (primary N) is 1. The number of rotatable bonds is 4. The van der Waals surface area contributed by atoms with Crippen molar-refractivity contribution < 1.29 is 9.59 Å². The minimum atomic E-state index is -0.485. The van der Waals surface area contributed by atoms with E-state index in [4.69, 9.17) is 28.9 Å². The Kier molecular flexibility index (Phi) is 4.94. The van der Waals surface area contributed by atoms with Gasteiger partial charge in [0.05, 0.1) is 16.1 Å². The third-order valence-corrected chi connectivity index (χ3v) is 5.08. The highest BCUT2D eigenvalue weighted by Crippen LogP contribution is 2.29. The van der Waals surface area contributed by atoms with Crippen molar-refractivity contribution in [1.82, 2.24) is 9.88 Å². The second-order valence-corrected chi connectivity index (χ2v) is 6.91. The van der Waals surface area contributed by atoms with Gasteiger partial charge in [-0.1, -0.05) is 35.3 Å². The molecule has 26 heavy (non-hydrogen) atoms. The highest BCUT2D eigenvalue weighted by molar-refractivity contribution is 6.42. The second-order valence-electron chi connectivity index (χ2n) is 6.10. The maximum absolute atomic E-state index is 12.7. The summed E-state index contributed by atoms with van der Waals surface area (Å²) in [5, 5.41) is 4.67. The van der Waals surface area contributed by atoms with Crippen LogP contribution in [0.25, 0.3) is 10.9 Å². The lowest BCUT2D eigenvalue weighted by molar-refractivity contribution is 0.0930. The van der Waals surface area contributed by atoms with Crippen LogP contribution in [-0.2, 0) is 7.05 Å². The van der Waals surface area contributed by atoms with Crippen molar-refractivity contribution in [3.05, 3.63) is 69.3 Å². The van der Waals surface area contributed by atoms with Gasteiger partial charge in [0.1, 0.15) is 5.69 Å². The first-order valence-corrected chi connectivity index (χ1v) is 8.68. The van der Waals surface area contributed by atoms with Gasteiger partial charge in [-0.15, -0.1) is 0 Å². The van der Waals surface area contributed by atoms with Crippen LogP contribution in [0.5, 0.6) is 0 Å². The van der Waals surface area contributed by atoms with Crippen molar-refractivity contribution in [1.29, 1.82) is 0 Å². The summed E-state index contributed by atoms with van der Waals surface area (Å²) in [4.78, 5) is 23.8. The summed E-state index contributed by atoms with van der Waals surface area (Å²) in [5.74, 6) is -0.705. The van der Waals surface area contributed by atoms with Crippen LogP contribution < -0.4 is 11.1 Å². The first-order chi connectivity index (χ1) is 12.3. The van der Waals surface area contributed by atoms with E-state index in [1.807, 2.05) is 6.92 Å². The molecular formula is C19H17Cl2N3O2. The Labute approximate surface area is 160 Å². The first-order valence-electron chi connectivity index (χ1n) is 7.93. The fourth-order valence-corrected chi connectivity index (χ4v) is 3.17. The second kappa shape index (κ2) is 7.02. The molecule has 1 heterocycles. The molecule has 0 aliphatic carbocycles. The number of hydrogen-bond donors (Lipinski definition) is 2. The van der Waals surface area contributed by atoms with Crippen molar-refractivity contribution in [3.63, 3.8) is 0 Å². The lowest BCUT2D eigenvalue weighted by Crippen LogP contribution is -2.28. The predicted octanol–water partition coefficient (Wildman–Crippen LogP) is 4.08. The van der Waals surface area contributed by atoms with E-state index in [-0.39, 0.29) is 11.9 Å². The van der Waals surface area contributed by atoms with E-state index in [1.165, 1.54) is 0 Å². The number of nitrogens with zero attached hydrogens (tertiary/aromatic N) is 1. The third kappa shape index (κ3) is 3.41. The molecule has 3 N–H and O–H groups in total. The smallest absolute Gasteiger partial charge is 0.268 e. The molecule has 0 bridgehead atoms. The van der Waals surface area contributed by atoms with E-state index < -0.39 is 5.91 Å². The number of carbonyl (C=O) groups excluding carboxylic acids is 2. The van der Waals surface area contributed by atoms with Crippen LogP contribution in [0.1, 0.15) is 39.4 Å². The molecule has 0 unspecified atom stereocenters. The number of hydrogen-bond acceptors (Lipinski definition) is 2. The Morgan fingerprint density at radius 3 is 2.31 bits per heavy atom. The van der Waals surface area contributed by atoms with E-state index >= 15 is 0 Å². The number of aromatic nitrogens is 1. The highest BCUT2D eigenvalue weighted by atomic mass is 35.5. The summed E-state index contributed by atoms with van der Waals surface area (Å²) in [6.07, 6.45) is 0. The molecule has 2 aromatic carbocycles. The summed E-state index contributed by atoms with van der Waals surface area (Å²) in [6, 6.07) is 11.8. The van der Waals surface area contributed by atoms with Gasteiger partial charge in [0.2, 0.25) is 5.91 Å². The molecule has 0 aliphatic rings. The van der Waals surface area contributed by atoms with E-state index in [0.717, 1.165) is 16.5 Å². The summed E-state index contributed by atoms with van der Waals surface area (Å²) in [7, 11) is 1.80. The van der Waals surface area contributed by atoms with Crippen LogP contribution in [0.3, 0.4) is 0 Å². The average Bonchev–Trinajstić information content (AvgIpc) is 2.91. The number of halogens is 2. The van der Waals surface area contributed by atoms with E-state index in [1.54, 1.807) is 54.1 Å². The van der Waals surface area contributed by atoms with Gasteiger partial charge in [0.25, 0.3) is 5.91 Å². The number of carbonyl (C=O) groups is 2. The van der Waals surface area contributed by atoms with Crippen LogP contribution in [0.2, 0.25) is 10.0 Å². The Balaban J connectivity index is 1.84. The lowest BCUT2D eigenvalue weighted by Gasteiger charge is -2.15. The number of nitrogens with one attached hydrogen (secondary N) is 1. The average molecular weight is 390 g/mol. The topological polar surface area (TPSA) is 77.1 Å². The molecule has 0 aliphatic heterocycles. The molecule has 5 nitrogen and oxygen atoms in total. The van der Waals surface area contributed by atoms with Crippen LogP contribution in [0.4, 0.5) is 0 Å². The van der Waals surface area contributed by atoms with Gasteiger partial charge in [-0.2, -0.15) is 0 Å². The molecule has 3 aromatic rings. The molecule has 1 aromatic heterocycles. The van der Waals surface area contributed by atoms with Gasteiger partial charge in [-0.3, -0.25) is 9.59 Å². The zero-order valence-corrected chi connectivity index (χ0v) is 15.7. The number of amides is 2. The standard InChI is InChI=1S/C19H17Cl2N3O2/c1-10(11-3-5-12(6-4-11)18(22)25)23-19(26)17-8-13-7-14(20)15(21)9-16(13)24(17)2/h3-10H,1-2H3,(H2,22,25)(H,23,26)/t10-/m1/s1. The number of benzene rings is 2. The monoisotopic (exact) mass is 389 g/mol. The summed E-state index contributed by atoms with van der Waals surface area (Å²) in [5.41, 5.74) is 7.86. The Hall–Kier alpha value is -2.50. The molecule has 2 amide bonds. The summed E-state index contributed by atoms with van der Waals surface area (Å²) < 4.78 is 1.77. The maximum Gasteiger partial charge on any atom is 0.268 e. The molecule has 0 fully saturated rings. The fourth-order valence-electron chi connectivity index (χ4n) is 2.84. The number of fused-ring (bicyclic) bond motifs is 1. The number of primary amides is 1. The van der Waals surface area contributed by atoms with Crippen LogP contribution in [0, 0.1) is 0 Å². The largest absolute Gasteiger partial charge is 0.366 e. The number of aryl methyl sites for hydroxylation is 1. The SMILES string of the molecule is C[C@@H](NC(=O)c1cc2cc(Cl)c(Cl)cc2n1C)c1ccc(C(N)=O)cc1. The molecule has 0 saturated heterocycles. The molecular weight excluding hydrogens is 373 g/mol. The Morgan fingerprint density at radius 2 is 1.69 bits per heavy atom. The lowest BCUT2D eigenvalue weighted by atomic mass is 10.1.